The van der Waals surface area contributed by atoms with Crippen LogP contribution in [0.1, 0.15) is 34.0 Å². The summed E-state index contributed by atoms with van der Waals surface area (Å²) in [4.78, 5) is 22.1. The molecule has 140 valence electrons. The van der Waals surface area contributed by atoms with Gasteiger partial charge < -0.3 is 9.80 Å². The maximum absolute atomic E-state index is 12.9. The van der Waals surface area contributed by atoms with Gasteiger partial charge in [-0.05, 0) is 43.5 Å². The van der Waals surface area contributed by atoms with Crippen molar-refractivity contribution >= 4 is 32.6 Å². The van der Waals surface area contributed by atoms with Crippen LogP contribution in [0.3, 0.4) is 0 Å². The van der Waals surface area contributed by atoms with Gasteiger partial charge in [-0.15, -0.1) is 0 Å². The van der Waals surface area contributed by atoms with E-state index in [9.17, 15) is 4.79 Å². The number of hydrogen-bond donors (Lipinski definition) is 0. The van der Waals surface area contributed by atoms with E-state index in [4.69, 9.17) is 4.98 Å². The van der Waals surface area contributed by atoms with E-state index in [1.165, 1.54) is 10.3 Å². The highest BCUT2D eigenvalue weighted by molar-refractivity contribution is 7.22. The van der Waals surface area contributed by atoms with Crippen LogP contribution in [0.25, 0.3) is 10.2 Å². The summed E-state index contributed by atoms with van der Waals surface area (Å²) in [6, 6.07) is 12.5. The Hall–Kier alpha value is -2.40. The Morgan fingerprint density at radius 2 is 1.89 bits per heavy atom. The summed E-state index contributed by atoms with van der Waals surface area (Å²) < 4.78 is 1.25. The molecule has 0 atom stereocenters. The molecule has 4 nitrogen and oxygen atoms in total. The van der Waals surface area contributed by atoms with E-state index in [1.54, 1.807) is 11.3 Å². The third-order valence-corrected chi connectivity index (χ3v) is 6.41. The average molecular weight is 380 g/mol. The third-order valence-electron chi connectivity index (χ3n) is 5.33. The van der Waals surface area contributed by atoms with Crippen LogP contribution in [0.4, 0.5) is 5.13 Å². The second-order valence-corrected chi connectivity index (χ2v) is 8.22. The molecule has 1 saturated heterocycles. The predicted octanol–water partition coefficient (Wildman–Crippen LogP) is 4.44. The van der Waals surface area contributed by atoms with Crippen molar-refractivity contribution in [3.8, 4) is 0 Å². The number of para-hydroxylation sites is 1. The molecule has 1 aliphatic rings. The Labute approximate surface area is 164 Å². The Morgan fingerprint density at radius 1 is 1.11 bits per heavy atom. The van der Waals surface area contributed by atoms with Crippen LogP contribution < -0.4 is 4.90 Å². The molecule has 1 aliphatic heterocycles. The Balaban J connectivity index is 1.49. The molecule has 3 aromatic rings. The summed E-state index contributed by atoms with van der Waals surface area (Å²) in [5.74, 6) is 0.147. The lowest BCUT2D eigenvalue weighted by Gasteiger charge is -2.34. The zero-order chi connectivity index (χ0) is 19.0. The van der Waals surface area contributed by atoms with Crippen LogP contribution in [0.5, 0.6) is 0 Å². The quantitative estimate of drug-likeness (QED) is 0.675. The number of nitrogens with zero attached hydrogens (tertiary/aromatic N) is 3. The van der Waals surface area contributed by atoms with E-state index in [0.717, 1.165) is 59.9 Å². The van der Waals surface area contributed by atoms with Gasteiger partial charge in [-0.1, -0.05) is 48.1 Å². The van der Waals surface area contributed by atoms with Gasteiger partial charge in [-0.25, -0.2) is 4.98 Å². The van der Waals surface area contributed by atoms with Crippen molar-refractivity contribution in [2.75, 3.05) is 31.1 Å². The topological polar surface area (TPSA) is 36.4 Å². The molecule has 1 fully saturated rings. The molecule has 27 heavy (non-hydrogen) atoms. The van der Waals surface area contributed by atoms with Crippen LogP contribution in [-0.2, 0) is 6.42 Å². The largest absolute Gasteiger partial charge is 0.345 e. The van der Waals surface area contributed by atoms with Crippen molar-refractivity contribution in [1.82, 2.24) is 9.88 Å². The maximum atomic E-state index is 12.9. The zero-order valence-electron chi connectivity index (χ0n) is 16.2. The first kappa shape index (κ1) is 18.0. The van der Waals surface area contributed by atoms with Crippen molar-refractivity contribution in [2.24, 2.45) is 0 Å². The van der Waals surface area contributed by atoms with Gasteiger partial charge in [0, 0.05) is 31.7 Å². The molecular weight excluding hydrogens is 354 g/mol. The molecule has 2 heterocycles. The van der Waals surface area contributed by atoms with Gasteiger partial charge in [-0.3, -0.25) is 4.79 Å². The monoisotopic (exact) mass is 379 g/mol. The van der Waals surface area contributed by atoms with Crippen LogP contribution in [0, 0.1) is 13.8 Å². The first-order chi connectivity index (χ1) is 13.1. The van der Waals surface area contributed by atoms with Gasteiger partial charge in [0.1, 0.15) is 0 Å². The molecule has 0 aliphatic carbocycles. The number of carbonyl (C=O) groups excluding carboxylic acids is 1. The first-order valence-corrected chi connectivity index (χ1v) is 10.4. The minimum absolute atomic E-state index is 0.147. The molecule has 0 radical (unpaired) electrons. The maximum Gasteiger partial charge on any atom is 0.254 e. The molecule has 1 amide bonds. The van der Waals surface area contributed by atoms with E-state index in [1.807, 2.05) is 30.9 Å². The van der Waals surface area contributed by atoms with E-state index in [2.05, 4.69) is 36.1 Å². The predicted molar refractivity (Wildman–Crippen MR) is 113 cm³/mol. The number of rotatable bonds is 3. The van der Waals surface area contributed by atoms with Gasteiger partial charge >= 0.3 is 0 Å². The average Bonchev–Trinajstić information content (AvgIpc) is 3.14. The lowest BCUT2D eigenvalue weighted by Crippen LogP contribution is -2.48. The minimum Gasteiger partial charge on any atom is -0.345 e. The van der Waals surface area contributed by atoms with Crippen LogP contribution in [0.2, 0.25) is 0 Å². The first-order valence-electron chi connectivity index (χ1n) is 9.56. The Morgan fingerprint density at radius 3 is 2.63 bits per heavy atom. The number of carbonyl (C=O) groups is 1. The summed E-state index contributed by atoms with van der Waals surface area (Å²) >= 11 is 1.76. The SMILES string of the molecule is CCc1cccc2sc(N3CCN(C(=O)c4cc(C)ccc4C)CC3)nc12. The van der Waals surface area contributed by atoms with Crippen molar-refractivity contribution < 1.29 is 4.79 Å². The van der Waals surface area contributed by atoms with Crippen molar-refractivity contribution in [2.45, 2.75) is 27.2 Å². The van der Waals surface area contributed by atoms with Crippen LogP contribution in [0.15, 0.2) is 36.4 Å². The molecule has 2 aromatic carbocycles. The van der Waals surface area contributed by atoms with Gasteiger partial charge in [0.25, 0.3) is 5.91 Å². The number of fused-ring (bicyclic) bond motifs is 1. The standard InChI is InChI=1S/C22H25N3OS/c1-4-17-6-5-7-19-20(17)23-22(27-19)25-12-10-24(11-13-25)21(26)18-14-15(2)8-9-16(18)3/h5-9,14H,4,10-13H2,1-3H3. The molecule has 0 spiro atoms. The number of benzene rings is 2. The molecule has 0 saturated carbocycles. The number of hydrogen-bond acceptors (Lipinski definition) is 4. The Bertz CT molecular complexity index is 986. The third kappa shape index (κ3) is 3.44. The molecule has 1 aromatic heterocycles. The van der Waals surface area contributed by atoms with Gasteiger partial charge in [0.15, 0.2) is 5.13 Å². The lowest BCUT2D eigenvalue weighted by atomic mass is 10.0. The highest BCUT2D eigenvalue weighted by atomic mass is 32.1. The smallest absolute Gasteiger partial charge is 0.254 e. The normalized spacial score (nSPS) is 14.8. The number of thiazole rings is 1. The van der Waals surface area contributed by atoms with E-state index in [0.29, 0.717) is 0 Å². The van der Waals surface area contributed by atoms with Crippen LogP contribution >= 0.6 is 11.3 Å². The van der Waals surface area contributed by atoms with E-state index in [-0.39, 0.29) is 5.91 Å². The fraction of sp³-hybridized carbons (Fsp3) is 0.364. The fourth-order valence-electron chi connectivity index (χ4n) is 3.65. The number of piperazine rings is 1. The number of anilines is 1. The summed E-state index contributed by atoms with van der Waals surface area (Å²) in [5, 5.41) is 1.07. The summed E-state index contributed by atoms with van der Waals surface area (Å²) in [6.07, 6.45) is 0.999. The zero-order valence-corrected chi connectivity index (χ0v) is 17.0. The van der Waals surface area contributed by atoms with Crippen LogP contribution in [-0.4, -0.2) is 42.0 Å². The number of aryl methyl sites for hydroxylation is 3. The minimum atomic E-state index is 0.147. The van der Waals surface area contributed by atoms with Gasteiger partial charge in [0.05, 0.1) is 10.2 Å². The van der Waals surface area contributed by atoms with Crippen molar-refractivity contribution in [3.63, 3.8) is 0 Å². The molecule has 0 bridgehead atoms. The number of aromatic nitrogens is 1. The second kappa shape index (κ2) is 7.31. The second-order valence-electron chi connectivity index (χ2n) is 7.21. The van der Waals surface area contributed by atoms with E-state index >= 15 is 0 Å². The molecule has 4 rings (SSSR count). The van der Waals surface area contributed by atoms with Crippen molar-refractivity contribution in [3.05, 3.63) is 58.7 Å². The van der Waals surface area contributed by atoms with Gasteiger partial charge in [0.2, 0.25) is 0 Å². The fourth-order valence-corrected chi connectivity index (χ4v) is 4.72. The van der Waals surface area contributed by atoms with E-state index < -0.39 is 0 Å². The summed E-state index contributed by atoms with van der Waals surface area (Å²) in [7, 11) is 0. The summed E-state index contributed by atoms with van der Waals surface area (Å²) in [6.45, 7) is 9.36. The highest BCUT2D eigenvalue weighted by Crippen LogP contribution is 2.31. The summed E-state index contributed by atoms with van der Waals surface area (Å²) in [5.41, 5.74) is 5.44. The lowest BCUT2D eigenvalue weighted by molar-refractivity contribution is 0.0746. The Kier molecular flexibility index (Phi) is 4.87. The molecular formula is C22H25N3OS. The molecule has 5 heteroatoms. The molecule has 0 unspecified atom stereocenters. The molecule has 0 N–H and O–H groups in total. The highest BCUT2D eigenvalue weighted by Gasteiger charge is 2.25. The van der Waals surface area contributed by atoms with Crippen molar-refractivity contribution in [1.29, 1.82) is 0 Å². The number of amides is 1. The van der Waals surface area contributed by atoms with Gasteiger partial charge in [-0.2, -0.15) is 0 Å².